The summed E-state index contributed by atoms with van der Waals surface area (Å²) in [4.78, 5) is 0. The topological polar surface area (TPSA) is 26.0 Å². The summed E-state index contributed by atoms with van der Waals surface area (Å²) in [5.74, 6) is 0. The summed E-state index contributed by atoms with van der Waals surface area (Å²) in [6, 6.07) is 15.0. The first-order valence-electron chi connectivity index (χ1n) is 5.77. The molecule has 2 N–H and O–H groups in total. The van der Waals surface area contributed by atoms with Crippen molar-refractivity contribution in [3.8, 4) is 0 Å². The monoisotopic (exact) mass is 241 g/mol. The van der Waals surface area contributed by atoms with Gasteiger partial charge in [0.1, 0.15) is 0 Å². The molecule has 1 nitrogen and oxygen atoms in total. The van der Waals surface area contributed by atoms with Gasteiger partial charge in [0.25, 0.3) is 0 Å². The Kier molecular flexibility index (Phi) is 2.25. The molecule has 17 heavy (non-hydrogen) atoms. The zero-order valence-corrected chi connectivity index (χ0v) is 10.8. The lowest BCUT2D eigenvalue weighted by atomic mass is 9.91. The van der Waals surface area contributed by atoms with Gasteiger partial charge in [0, 0.05) is 25.7 Å². The van der Waals surface area contributed by atoms with E-state index in [1.54, 1.807) is 0 Å². The lowest BCUT2D eigenvalue weighted by Gasteiger charge is -2.20. The van der Waals surface area contributed by atoms with Gasteiger partial charge in [-0.15, -0.1) is 11.3 Å². The summed E-state index contributed by atoms with van der Waals surface area (Å²) in [6.07, 6.45) is 0. The summed E-state index contributed by atoms with van der Waals surface area (Å²) >= 11 is 1.84. The van der Waals surface area contributed by atoms with E-state index in [1.165, 1.54) is 25.7 Å². The zero-order valence-electron chi connectivity index (χ0n) is 10.0. The minimum absolute atomic E-state index is 0.302. The van der Waals surface area contributed by atoms with E-state index in [-0.39, 0.29) is 5.54 Å². The molecule has 3 aromatic rings. The summed E-state index contributed by atoms with van der Waals surface area (Å²) < 4.78 is 2.65. The summed E-state index contributed by atoms with van der Waals surface area (Å²) in [7, 11) is 0. The third kappa shape index (κ3) is 1.65. The molecule has 3 rings (SSSR count). The van der Waals surface area contributed by atoms with Gasteiger partial charge in [-0.2, -0.15) is 0 Å². The van der Waals surface area contributed by atoms with Crippen LogP contribution in [0.4, 0.5) is 0 Å². The highest BCUT2D eigenvalue weighted by atomic mass is 32.1. The van der Waals surface area contributed by atoms with Crippen molar-refractivity contribution in [2.75, 3.05) is 0 Å². The Labute approximate surface area is 105 Å². The van der Waals surface area contributed by atoms with Crippen molar-refractivity contribution < 1.29 is 0 Å². The quantitative estimate of drug-likeness (QED) is 0.677. The molecule has 0 aliphatic rings. The third-order valence-corrected chi connectivity index (χ3v) is 4.23. The average Bonchev–Trinajstić information content (AvgIpc) is 2.65. The Morgan fingerprint density at radius 1 is 0.941 bits per heavy atom. The van der Waals surface area contributed by atoms with Crippen LogP contribution in [0, 0.1) is 0 Å². The SMILES string of the molecule is CC(C)(N)c1cccc2sc3ccccc3c12. The first-order chi connectivity index (χ1) is 8.07. The van der Waals surface area contributed by atoms with E-state index in [2.05, 4.69) is 56.3 Å². The fourth-order valence-electron chi connectivity index (χ4n) is 2.31. The van der Waals surface area contributed by atoms with Crippen LogP contribution < -0.4 is 5.73 Å². The summed E-state index contributed by atoms with van der Waals surface area (Å²) in [5, 5.41) is 2.64. The smallest absolute Gasteiger partial charge is 0.0359 e. The molecule has 0 aliphatic heterocycles. The van der Waals surface area contributed by atoms with E-state index in [0.717, 1.165) is 0 Å². The lowest BCUT2D eigenvalue weighted by Crippen LogP contribution is -2.28. The van der Waals surface area contributed by atoms with Crippen LogP contribution in [0.5, 0.6) is 0 Å². The second-order valence-corrected chi connectivity index (χ2v) is 6.08. The van der Waals surface area contributed by atoms with Gasteiger partial charge in [-0.3, -0.25) is 0 Å². The van der Waals surface area contributed by atoms with Crippen LogP contribution in [0.15, 0.2) is 42.5 Å². The van der Waals surface area contributed by atoms with Gasteiger partial charge in [-0.05, 0) is 31.5 Å². The van der Waals surface area contributed by atoms with Crippen LogP contribution in [0.2, 0.25) is 0 Å². The fourth-order valence-corrected chi connectivity index (χ4v) is 3.44. The molecule has 0 aliphatic carbocycles. The molecule has 2 aromatic carbocycles. The van der Waals surface area contributed by atoms with Gasteiger partial charge in [0.2, 0.25) is 0 Å². The number of hydrogen-bond acceptors (Lipinski definition) is 2. The van der Waals surface area contributed by atoms with E-state index in [9.17, 15) is 0 Å². The van der Waals surface area contributed by atoms with Crippen molar-refractivity contribution in [3.63, 3.8) is 0 Å². The number of hydrogen-bond donors (Lipinski definition) is 1. The van der Waals surface area contributed by atoms with Gasteiger partial charge in [0.05, 0.1) is 0 Å². The Hall–Kier alpha value is -1.38. The van der Waals surface area contributed by atoms with Crippen molar-refractivity contribution in [3.05, 3.63) is 48.0 Å². The van der Waals surface area contributed by atoms with E-state index in [1.807, 2.05) is 11.3 Å². The summed E-state index contributed by atoms with van der Waals surface area (Å²) in [5.41, 5.74) is 7.20. The summed E-state index contributed by atoms with van der Waals surface area (Å²) in [6.45, 7) is 4.13. The molecular weight excluding hydrogens is 226 g/mol. The number of rotatable bonds is 1. The van der Waals surface area contributed by atoms with Crippen LogP contribution in [-0.4, -0.2) is 0 Å². The highest BCUT2D eigenvalue weighted by molar-refractivity contribution is 7.25. The zero-order chi connectivity index (χ0) is 12.0. The third-order valence-electron chi connectivity index (χ3n) is 3.10. The standard InChI is InChI=1S/C15H15NS/c1-15(2,16)11-7-5-9-13-14(11)10-6-3-4-8-12(10)17-13/h3-9H,16H2,1-2H3. The molecule has 0 amide bonds. The molecular formula is C15H15NS. The fraction of sp³-hybridized carbons (Fsp3) is 0.200. The first kappa shape index (κ1) is 10.8. The molecule has 0 unspecified atom stereocenters. The average molecular weight is 241 g/mol. The maximum absolute atomic E-state index is 6.28. The molecule has 0 bridgehead atoms. The van der Waals surface area contributed by atoms with Crippen LogP contribution in [0.1, 0.15) is 19.4 Å². The molecule has 0 radical (unpaired) electrons. The van der Waals surface area contributed by atoms with Gasteiger partial charge in [-0.1, -0.05) is 30.3 Å². The minimum Gasteiger partial charge on any atom is -0.322 e. The number of fused-ring (bicyclic) bond motifs is 3. The molecule has 1 heterocycles. The van der Waals surface area contributed by atoms with Gasteiger partial charge in [-0.25, -0.2) is 0 Å². The number of thiophene rings is 1. The second-order valence-electron chi connectivity index (χ2n) is 5.00. The first-order valence-corrected chi connectivity index (χ1v) is 6.58. The molecule has 0 saturated carbocycles. The minimum atomic E-state index is -0.302. The van der Waals surface area contributed by atoms with E-state index < -0.39 is 0 Å². The maximum Gasteiger partial charge on any atom is 0.0359 e. The van der Waals surface area contributed by atoms with E-state index >= 15 is 0 Å². The van der Waals surface area contributed by atoms with Gasteiger partial charge >= 0.3 is 0 Å². The normalized spacial score (nSPS) is 12.4. The highest BCUT2D eigenvalue weighted by Gasteiger charge is 2.19. The number of benzene rings is 2. The van der Waals surface area contributed by atoms with Crippen LogP contribution >= 0.6 is 11.3 Å². The molecule has 0 saturated heterocycles. The van der Waals surface area contributed by atoms with Gasteiger partial charge in [0.15, 0.2) is 0 Å². The lowest BCUT2D eigenvalue weighted by molar-refractivity contribution is 0.560. The van der Waals surface area contributed by atoms with Crippen molar-refractivity contribution in [1.29, 1.82) is 0 Å². The predicted octanol–water partition coefficient (Wildman–Crippen LogP) is 4.25. The van der Waals surface area contributed by atoms with Crippen molar-refractivity contribution in [1.82, 2.24) is 0 Å². The number of nitrogens with two attached hydrogens (primary N) is 1. The Morgan fingerprint density at radius 3 is 2.41 bits per heavy atom. The molecule has 0 spiro atoms. The molecule has 1 aromatic heterocycles. The van der Waals surface area contributed by atoms with E-state index in [4.69, 9.17) is 5.73 Å². The molecule has 0 atom stereocenters. The van der Waals surface area contributed by atoms with Crippen LogP contribution in [0.3, 0.4) is 0 Å². The highest BCUT2D eigenvalue weighted by Crippen LogP contribution is 2.38. The Balaban J connectivity index is 2.52. The Bertz CT molecular complexity index is 689. The Morgan fingerprint density at radius 2 is 1.65 bits per heavy atom. The van der Waals surface area contributed by atoms with Crippen LogP contribution in [0.25, 0.3) is 20.2 Å². The van der Waals surface area contributed by atoms with Crippen molar-refractivity contribution in [2.24, 2.45) is 5.73 Å². The van der Waals surface area contributed by atoms with Gasteiger partial charge < -0.3 is 5.73 Å². The molecule has 86 valence electrons. The molecule has 2 heteroatoms. The second kappa shape index (κ2) is 3.56. The van der Waals surface area contributed by atoms with E-state index in [0.29, 0.717) is 0 Å². The predicted molar refractivity (Wildman–Crippen MR) is 76.5 cm³/mol. The van der Waals surface area contributed by atoms with Crippen molar-refractivity contribution >= 4 is 31.5 Å². The largest absolute Gasteiger partial charge is 0.322 e. The maximum atomic E-state index is 6.28. The van der Waals surface area contributed by atoms with Crippen LogP contribution in [-0.2, 0) is 5.54 Å². The molecule has 0 fully saturated rings. The van der Waals surface area contributed by atoms with Crippen molar-refractivity contribution in [2.45, 2.75) is 19.4 Å².